The Labute approximate surface area is 168 Å². The normalized spacial score (nSPS) is 10.5. The molecular formula is C22H21NO4S. The molecule has 144 valence electrons. The minimum atomic E-state index is -0.431. The lowest BCUT2D eigenvalue weighted by Gasteiger charge is -2.08. The fourth-order valence-electron chi connectivity index (χ4n) is 2.59. The minimum absolute atomic E-state index is 0.147. The van der Waals surface area contributed by atoms with Crippen LogP contribution >= 0.6 is 11.8 Å². The van der Waals surface area contributed by atoms with Gasteiger partial charge in [-0.15, -0.1) is 11.8 Å². The van der Waals surface area contributed by atoms with Gasteiger partial charge in [-0.1, -0.05) is 30.3 Å². The number of carbonyl (C=O) groups is 2. The van der Waals surface area contributed by atoms with Crippen molar-refractivity contribution in [2.24, 2.45) is 0 Å². The molecule has 0 fully saturated rings. The number of nitrogens with one attached hydrogen (secondary N) is 1. The van der Waals surface area contributed by atoms with E-state index in [-0.39, 0.29) is 18.3 Å². The highest BCUT2D eigenvalue weighted by Crippen LogP contribution is 2.23. The van der Waals surface area contributed by atoms with Gasteiger partial charge in [0.05, 0.1) is 12.4 Å². The molecular weight excluding hydrogens is 374 g/mol. The van der Waals surface area contributed by atoms with Crippen molar-refractivity contribution < 1.29 is 19.1 Å². The second kappa shape index (κ2) is 9.80. The van der Waals surface area contributed by atoms with Crippen LogP contribution in [-0.4, -0.2) is 30.8 Å². The molecule has 0 heterocycles. The number of amides is 1. The molecule has 0 bridgehead atoms. The highest BCUT2D eigenvalue weighted by molar-refractivity contribution is 8.00. The van der Waals surface area contributed by atoms with Crippen LogP contribution < -0.4 is 10.1 Å². The summed E-state index contributed by atoms with van der Waals surface area (Å²) in [5.41, 5.74) is 0.620. The van der Waals surface area contributed by atoms with E-state index >= 15 is 0 Å². The van der Waals surface area contributed by atoms with E-state index in [0.29, 0.717) is 12.3 Å². The average molecular weight is 395 g/mol. The van der Waals surface area contributed by atoms with Gasteiger partial charge in [-0.05, 0) is 54.1 Å². The number of carbonyl (C=O) groups excluding carboxylic acids is 2. The maximum atomic E-state index is 11.9. The Morgan fingerprint density at radius 3 is 2.46 bits per heavy atom. The third-order valence-corrected chi connectivity index (χ3v) is 4.86. The zero-order valence-electron chi connectivity index (χ0n) is 15.5. The molecule has 0 saturated carbocycles. The van der Waals surface area contributed by atoms with Gasteiger partial charge in [-0.2, -0.15) is 0 Å². The van der Waals surface area contributed by atoms with Crippen LogP contribution in [0.5, 0.6) is 5.75 Å². The van der Waals surface area contributed by atoms with Crippen molar-refractivity contribution in [3.05, 3.63) is 66.7 Å². The van der Waals surface area contributed by atoms with E-state index in [1.54, 1.807) is 24.3 Å². The quantitative estimate of drug-likeness (QED) is 0.449. The Bertz CT molecular complexity index is 956. The van der Waals surface area contributed by atoms with Crippen LogP contribution in [0.4, 0.5) is 5.69 Å². The summed E-state index contributed by atoms with van der Waals surface area (Å²) < 4.78 is 10.4. The fourth-order valence-corrected chi connectivity index (χ4v) is 3.33. The molecule has 6 heteroatoms. The van der Waals surface area contributed by atoms with Crippen molar-refractivity contribution in [1.82, 2.24) is 0 Å². The molecule has 1 N–H and O–H groups in total. The second-order valence-electron chi connectivity index (χ2n) is 5.96. The number of ether oxygens (including phenoxy) is 2. The Kier molecular flexibility index (Phi) is 6.92. The van der Waals surface area contributed by atoms with Gasteiger partial charge >= 0.3 is 5.97 Å². The van der Waals surface area contributed by atoms with Crippen LogP contribution in [0.15, 0.2) is 71.6 Å². The van der Waals surface area contributed by atoms with Gasteiger partial charge in [0, 0.05) is 10.6 Å². The third kappa shape index (κ3) is 5.76. The van der Waals surface area contributed by atoms with Crippen molar-refractivity contribution in [1.29, 1.82) is 0 Å². The molecule has 28 heavy (non-hydrogen) atoms. The van der Waals surface area contributed by atoms with E-state index in [9.17, 15) is 9.59 Å². The van der Waals surface area contributed by atoms with Gasteiger partial charge in [-0.3, -0.25) is 9.59 Å². The Hall–Kier alpha value is -2.99. The number of esters is 1. The Morgan fingerprint density at radius 1 is 0.964 bits per heavy atom. The topological polar surface area (TPSA) is 64.6 Å². The molecule has 3 aromatic rings. The van der Waals surface area contributed by atoms with Gasteiger partial charge < -0.3 is 14.8 Å². The first-order chi connectivity index (χ1) is 13.6. The Morgan fingerprint density at radius 2 is 1.71 bits per heavy atom. The zero-order chi connectivity index (χ0) is 19.8. The predicted octanol–water partition coefficient (Wildman–Crippen LogP) is 4.51. The monoisotopic (exact) mass is 395 g/mol. The standard InChI is InChI=1S/C22H21NO4S/c1-2-26-19-10-8-18(9-11-19)23-21(24)14-27-22(25)15-28-20-12-7-16-5-3-4-6-17(16)13-20/h3-13H,2,14-15H2,1H3,(H,23,24). The predicted molar refractivity (Wildman–Crippen MR) is 112 cm³/mol. The first-order valence-electron chi connectivity index (χ1n) is 8.94. The first kappa shape index (κ1) is 19.8. The second-order valence-corrected chi connectivity index (χ2v) is 7.01. The summed E-state index contributed by atoms with van der Waals surface area (Å²) in [6, 6.07) is 21.1. The van der Waals surface area contributed by atoms with Gasteiger partial charge in [-0.25, -0.2) is 0 Å². The highest BCUT2D eigenvalue weighted by Gasteiger charge is 2.09. The first-order valence-corrected chi connectivity index (χ1v) is 9.92. The van der Waals surface area contributed by atoms with Crippen molar-refractivity contribution in [2.75, 3.05) is 24.3 Å². The van der Waals surface area contributed by atoms with Crippen molar-refractivity contribution >= 4 is 40.1 Å². The summed E-state index contributed by atoms with van der Waals surface area (Å²) in [5.74, 6) is 0.0696. The zero-order valence-corrected chi connectivity index (χ0v) is 16.3. The van der Waals surface area contributed by atoms with Crippen LogP contribution in [0.1, 0.15) is 6.92 Å². The number of hydrogen-bond donors (Lipinski definition) is 1. The van der Waals surface area contributed by atoms with E-state index in [1.165, 1.54) is 11.8 Å². The fraction of sp³-hybridized carbons (Fsp3) is 0.182. The molecule has 3 rings (SSSR count). The van der Waals surface area contributed by atoms with Crippen LogP contribution in [0.3, 0.4) is 0 Å². The number of hydrogen-bond acceptors (Lipinski definition) is 5. The molecule has 0 saturated heterocycles. The highest BCUT2D eigenvalue weighted by atomic mass is 32.2. The molecule has 5 nitrogen and oxygen atoms in total. The lowest BCUT2D eigenvalue weighted by molar-refractivity contribution is -0.144. The summed E-state index contributed by atoms with van der Waals surface area (Å²) in [5, 5.41) is 4.96. The van der Waals surface area contributed by atoms with Gasteiger partial charge in [0.25, 0.3) is 5.91 Å². The van der Waals surface area contributed by atoms with Crippen molar-refractivity contribution in [3.8, 4) is 5.75 Å². The van der Waals surface area contributed by atoms with E-state index < -0.39 is 5.97 Å². The number of rotatable bonds is 8. The largest absolute Gasteiger partial charge is 0.494 e. The number of fused-ring (bicyclic) bond motifs is 1. The number of thioether (sulfide) groups is 1. The molecule has 0 atom stereocenters. The van der Waals surface area contributed by atoms with Crippen LogP contribution in [-0.2, 0) is 14.3 Å². The summed E-state index contributed by atoms with van der Waals surface area (Å²) in [6.45, 7) is 2.17. The van der Waals surface area contributed by atoms with E-state index in [2.05, 4.69) is 5.32 Å². The van der Waals surface area contributed by atoms with E-state index in [4.69, 9.17) is 9.47 Å². The van der Waals surface area contributed by atoms with Crippen LogP contribution in [0, 0.1) is 0 Å². The molecule has 0 spiro atoms. The summed E-state index contributed by atoms with van der Waals surface area (Å²) in [7, 11) is 0. The maximum absolute atomic E-state index is 11.9. The molecule has 0 aromatic heterocycles. The number of benzene rings is 3. The van der Waals surface area contributed by atoms with Gasteiger partial charge in [0.2, 0.25) is 0 Å². The third-order valence-electron chi connectivity index (χ3n) is 3.89. The van der Waals surface area contributed by atoms with E-state index in [0.717, 1.165) is 21.4 Å². The SMILES string of the molecule is CCOc1ccc(NC(=O)COC(=O)CSc2ccc3ccccc3c2)cc1. The molecule has 0 aliphatic carbocycles. The van der Waals surface area contributed by atoms with Crippen molar-refractivity contribution in [3.63, 3.8) is 0 Å². The van der Waals surface area contributed by atoms with Crippen LogP contribution in [0.25, 0.3) is 10.8 Å². The lowest BCUT2D eigenvalue weighted by atomic mass is 10.1. The van der Waals surface area contributed by atoms with Crippen molar-refractivity contribution in [2.45, 2.75) is 11.8 Å². The minimum Gasteiger partial charge on any atom is -0.494 e. The molecule has 1 amide bonds. The molecule has 3 aromatic carbocycles. The smallest absolute Gasteiger partial charge is 0.316 e. The lowest BCUT2D eigenvalue weighted by Crippen LogP contribution is -2.21. The molecule has 0 radical (unpaired) electrons. The summed E-state index contributed by atoms with van der Waals surface area (Å²) >= 11 is 1.39. The van der Waals surface area contributed by atoms with Gasteiger partial charge in [0.15, 0.2) is 6.61 Å². The summed E-state index contributed by atoms with van der Waals surface area (Å²) in [4.78, 5) is 24.8. The molecule has 0 unspecified atom stereocenters. The van der Waals surface area contributed by atoms with Crippen LogP contribution in [0.2, 0.25) is 0 Å². The maximum Gasteiger partial charge on any atom is 0.316 e. The summed E-state index contributed by atoms with van der Waals surface area (Å²) in [6.07, 6.45) is 0. The van der Waals surface area contributed by atoms with E-state index in [1.807, 2.05) is 49.4 Å². The van der Waals surface area contributed by atoms with Gasteiger partial charge in [0.1, 0.15) is 5.75 Å². The molecule has 0 aliphatic rings. The number of anilines is 1. The Balaban J connectivity index is 1.42. The average Bonchev–Trinajstić information content (AvgIpc) is 2.72. The molecule has 0 aliphatic heterocycles.